The summed E-state index contributed by atoms with van der Waals surface area (Å²) in [6, 6.07) is 9.47. The molecule has 0 saturated heterocycles. The molecule has 5 nitrogen and oxygen atoms in total. The lowest BCUT2D eigenvalue weighted by Gasteiger charge is -2.25. The number of benzene rings is 1. The molecule has 1 heterocycles. The predicted molar refractivity (Wildman–Crippen MR) is 91.4 cm³/mol. The number of fused-ring (bicyclic) bond motifs is 1. The van der Waals surface area contributed by atoms with Gasteiger partial charge in [0.25, 0.3) is 0 Å². The van der Waals surface area contributed by atoms with E-state index >= 15 is 0 Å². The van der Waals surface area contributed by atoms with Gasteiger partial charge in [-0.1, -0.05) is 18.2 Å². The van der Waals surface area contributed by atoms with Crippen LogP contribution in [0.3, 0.4) is 0 Å². The Kier molecular flexibility index (Phi) is 6.19. The molecule has 5 heteroatoms. The minimum atomic E-state index is -0.196. The molecule has 0 radical (unpaired) electrons. The van der Waals surface area contributed by atoms with Crippen molar-refractivity contribution < 1.29 is 13.9 Å². The maximum absolute atomic E-state index is 12.4. The molecule has 2 unspecified atom stereocenters. The molecule has 126 valence electrons. The summed E-state index contributed by atoms with van der Waals surface area (Å²) in [4.78, 5) is 14.4. The zero-order chi connectivity index (χ0) is 16.8. The smallest absolute Gasteiger partial charge is 0.237 e. The lowest BCUT2D eigenvalue weighted by Crippen LogP contribution is -2.44. The Morgan fingerprint density at radius 3 is 2.78 bits per heavy atom. The van der Waals surface area contributed by atoms with E-state index in [1.165, 1.54) is 0 Å². The minimum Gasteiger partial charge on any atom is -0.459 e. The van der Waals surface area contributed by atoms with Crippen molar-refractivity contribution in [2.24, 2.45) is 0 Å². The van der Waals surface area contributed by atoms with Gasteiger partial charge in [0.1, 0.15) is 11.3 Å². The summed E-state index contributed by atoms with van der Waals surface area (Å²) < 4.78 is 10.8. The van der Waals surface area contributed by atoms with Crippen LogP contribution in [0.2, 0.25) is 0 Å². The fourth-order valence-electron chi connectivity index (χ4n) is 2.47. The summed E-state index contributed by atoms with van der Waals surface area (Å²) in [6.45, 7) is 5.37. The second-order valence-corrected chi connectivity index (χ2v) is 5.92. The zero-order valence-electron chi connectivity index (χ0n) is 14.3. The highest BCUT2D eigenvalue weighted by atomic mass is 16.5. The normalized spacial score (nSPS) is 14.1. The summed E-state index contributed by atoms with van der Waals surface area (Å²) in [5.41, 5.74) is 0.841. The number of carbonyl (C=O) groups excluding carboxylic acids is 1. The number of methoxy groups -OCH3 is 1. The quantitative estimate of drug-likeness (QED) is 0.760. The molecule has 1 aromatic carbocycles. The first kappa shape index (κ1) is 17.5. The molecule has 2 aromatic rings. The van der Waals surface area contributed by atoms with Crippen molar-refractivity contribution in [2.75, 3.05) is 27.3 Å². The first-order chi connectivity index (χ1) is 11.0. The lowest BCUT2D eigenvalue weighted by atomic mass is 10.2. The van der Waals surface area contributed by atoms with Gasteiger partial charge < -0.3 is 14.5 Å². The van der Waals surface area contributed by atoms with Crippen LogP contribution < -0.4 is 5.32 Å². The second kappa shape index (κ2) is 8.13. The largest absolute Gasteiger partial charge is 0.459 e. The van der Waals surface area contributed by atoms with Crippen molar-refractivity contribution in [3.8, 4) is 0 Å². The Morgan fingerprint density at radius 1 is 1.35 bits per heavy atom. The van der Waals surface area contributed by atoms with Gasteiger partial charge in [0.2, 0.25) is 5.91 Å². The van der Waals surface area contributed by atoms with Gasteiger partial charge in [-0.05, 0) is 39.4 Å². The molecule has 0 aliphatic heterocycles. The Bertz CT molecular complexity index is 605. The van der Waals surface area contributed by atoms with Crippen LogP contribution in [-0.4, -0.2) is 44.2 Å². The Hall–Kier alpha value is -1.85. The highest BCUT2D eigenvalue weighted by Crippen LogP contribution is 2.23. The van der Waals surface area contributed by atoms with Crippen molar-refractivity contribution in [3.05, 3.63) is 36.1 Å². The summed E-state index contributed by atoms with van der Waals surface area (Å²) in [5, 5.41) is 4.07. The minimum absolute atomic E-state index is 0.00197. The molecule has 1 amide bonds. The average molecular weight is 318 g/mol. The third kappa shape index (κ3) is 4.56. The van der Waals surface area contributed by atoms with Crippen molar-refractivity contribution in [2.45, 2.75) is 32.4 Å². The van der Waals surface area contributed by atoms with E-state index in [1.807, 2.05) is 56.1 Å². The van der Waals surface area contributed by atoms with E-state index in [-0.39, 0.29) is 18.0 Å². The number of hydrogen-bond acceptors (Lipinski definition) is 4. The van der Waals surface area contributed by atoms with Gasteiger partial charge >= 0.3 is 0 Å². The second-order valence-electron chi connectivity index (χ2n) is 5.92. The van der Waals surface area contributed by atoms with E-state index in [2.05, 4.69) is 5.32 Å². The fourth-order valence-corrected chi connectivity index (χ4v) is 2.47. The van der Waals surface area contributed by atoms with Gasteiger partial charge in [-0.25, -0.2) is 0 Å². The maximum Gasteiger partial charge on any atom is 0.237 e. The number of rotatable bonds is 8. The van der Waals surface area contributed by atoms with Gasteiger partial charge in [-0.3, -0.25) is 9.69 Å². The molecule has 0 aliphatic rings. The van der Waals surface area contributed by atoms with Crippen molar-refractivity contribution in [3.63, 3.8) is 0 Å². The van der Waals surface area contributed by atoms with Crippen LogP contribution >= 0.6 is 0 Å². The topological polar surface area (TPSA) is 54.7 Å². The van der Waals surface area contributed by atoms with Gasteiger partial charge in [0.05, 0.1) is 12.1 Å². The number of hydrogen-bond donors (Lipinski definition) is 1. The number of para-hydroxylation sites is 1. The number of carbonyl (C=O) groups is 1. The van der Waals surface area contributed by atoms with Crippen molar-refractivity contribution >= 4 is 16.9 Å². The molecule has 1 N–H and O–H groups in total. The van der Waals surface area contributed by atoms with E-state index in [1.54, 1.807) is 7.11 Å². The number of furan rings is 1. The van der Waals surface area contributed by atoms with Gasteiger partial charge in [0.15, 0.2) is 0 Å². The van der Waals surface area contributed by atoms with E-state index in [9.17, 15) is 4.79 Å². The van der Waals surface area contributed by atoms with E-state index in [4.69, 9.17) is 9.15 Å². The Morgan fingerprint density at radius 2 is 2.09 bits per heavy atom. The monoisotopic (exact) mass is 318 g/mol. The van der Waals surface area contributed by atoms with E-state index in [0.717, 1.165) is 29.7 Å². The van der Waals surface area contributed by atoms with Crippen LogP contribution in [0.15, 0.2) is 34.7 Å². The predicted octanol–water partition coefficient (Wildman–Crippen LogP) is 2.97. The number of ether oxygens (including phenoxy) is 1. The van der Waals surface area contributed by atoms with Gasteiger partial charge in [-0.15, -0.1) is 0 Å². The molecule has 0 bridgehead atoms. The number of likely N-dealkylation sites (N-methyl/N-ethyl adjacent to an activating group) is 1. The van der Waals surface area contributed by atoms with Gasteiger partial charge in [0, 0.05) is 25.6 Å². The Balaban J connectivity index is 1.93. The van der Waals surface area contributed by atoms with Crippen LogP contribution in [-0.2, 0) is 9.53 Å². The van der Waals surface area contributed by atoms with Gasteiger partial charge in [-0.2, -0.15) is 0 Å². The molecule has 2 atom stereocenters. The molecule has 1 aromatic heterocycles. The standard InChI is InChI=1S/C18H26N2O3/c1-13(17-12-15-8-5-6-9-16(15)23-17)19-18(21)14(2)20(3)10-7-11-22-4/h5-6,8-9,12-14H,7,10-11H2,1-4H3,(H,19,21). The zero-order valence-corrected chi connectivity index (χ0v) is 14.3. The molecule has 23 heavy (non-hydrogen) atoms. The molecule has 0 spiro atoms. The average Bonchev–Trinajstić information content (AvgIpc) is 2.98. The van der Waals surface area contributed by atoms with Crippen molar-refractivity contribution in [1.82, 2.24) is 10.2 Å². The van der Waals surface area contributed by atoms with E-state index in [0.29, 0.717) is 6.61 Å². The van der Waals surface area contributed by atoms with Crippen LogP contribution in [0, 0.1) is 0 Å². The van der Waals surface area contributed by atoms with E-state index < -0.39 is 0 Å². The number of nitrogens with one attached hydrogen (secondary N) is 1. The summed E-state index contributed by atoms with van der Waals surface area (Å²) in [5.74, 6) is 0.770. The van der Waals surface area contributed by atoms with Crippen LogP contribution in [0.5, 0.6) is 0 Å². The molecule has 0 aliphatic carbocycles. The summed E-state index contributed by atoms with van der Waals surface area (Å²) in [7, 11) is 3.64. The van der Waals surface area contributed by atoms with Crippen LogP contribution in [0.1, 0.15) is 32.1 Å². The third-order valence-electron chi connectivity index (χ3n) is 4.13. The SMILES string of the molecule is COCCCN(C)C(C)C(=O)NC(C)c1cc2ccccc2o1. The van der Waals surface area contributed by atoms with Crippen LogP contribution in [0.4, 0.5) is 0 Å². The molecular formula is C18H26N2O3. The van der Waals surface area contributed by atoms with Crippen molar-refractivity contribution in [1.29, 1.82) is 0 Å². The van der Waals surface area contributed by atoms with Crippen LogP contribution in [0.25, 0.3) is 11.0 Å². The maximum atomic E-state index is 12.4. The molecule has 2 rings (SSSR count). The third-order valence-corrected chi connectivity index (χ3v) is 4.13. The molecular weight excluding hydrogens is 292 g/mol. The molecule has 0 saturated carbocycles. The first-order valence-corrected chi connectivity index (χ1v) is 8.01. The fraction of sp³-hybridized carbons (Fsp3) is 0.500. The Labute approximate surface area is 137 Å². The number of nitrogens with zero attached hydrogens (tertiary/aromatic N) is 1. The summed E-state index contributed by atoms with van der Waals surface area (Å²) in [6.07, 6.45) is 0.906. The molecule has 0 fully saturated rings. The lowest BCUT2D eigenvalue weighted by molar-refractivity contribution is -0.126. The summed E-state index contributed by atoms with van der Waals surface area (Å²) >= 11 is 0. The highest BCUT2D eigenvalue weighted by Gasteiger charge is 2.21. The highest BCUT2D eigenvalue weighted by molar-refractivity contribution is 5.82. The first-order valence-electron chi connectivity index (χ1n) is 8.01. The number of amides is 1.